The summed E-state index contributed by atoms with van der Waals surface area (Å²) in [5.41, 5.74) is 0.827. The van der Waals surface area contributed by atoms with Crippen molar-refractivity contribution in [3.63, 3.8) is 0 Å². The number of likely N-dealkylation sites (N-methyl/N-ethyl adjacent to an activating group) is 1. The maximum atomic E-state index is 11.4. The van der Waals surface area contributed by atoms with Crippen LogP contribution in [0.25, 0.3) is 0 Å². The van der Waals surface area contributed by atoms with E-state index in [0.717, 1.165) is 25.3 Å². The molecule has 5 nitrogen and oxygen atoms in total. The summed E-state index contributed by atoms with van der Waals surface area (Å²) in [5.74, 6) is 0. The van der Waals surface area contributed by atoms with Crippen LogP contribution in [0.15, 0.2) is 16.9 Å². The number of rotatable bonds is 6. The maximum Gasteiger partial charge on any atom is 0.266 e. The normalized spacial score (nSPS) is 11.0. The Bertz CT molecular complexity index is 372. The molecule has 1 aromatic rings. The number of nitrogens with zero attached hydrogens (tertiary/aromatic N) is 3. The lowest BCUT2D eigenvalue weighted by molar-refractivity contribution is 0.395. The molecular weight excluding hydrogens is 204 g/mol. The molecule has 0 atom stereocenters. The molecule has 0 unspecified atom stereocenters. The molecular formula is C11H20N4O. The summed E-state index contributed by atoms with van der Waals surface area (Å²) in [6.07, 6.45) is 0. The molecule has 1 N–H and O–H groups in total. The van der Waals surface area contributed by atoms with Crippen LogP contribution in [-0.2, 0) is 6.54 Å². The summed E-state index contributed by atoms with van der Waals surface area (Å²) < 4.78 is 1.50. The Morgan fingerprint density at radius 2 is 2.12 bits per heavy atom. The molecule has 90 valence electrons. The Kier molecular flexibility index (Phi) is 5.14. The van der Waals surface area contributed by atoms with Gasteiger partial charge in [0.1, 0.15) is 0 Å². The average Bonchev–Trinajstić information content (AvgIpc) is 2.22. The molecule has 0 aliphatic carbocycles. The second kappa shape index (κ2) is 6.40. The number of aryl methyl sites for hydroxylation is 1. The summed E-state index contributed by atoms with van der Waals surface area (Å²) in [5, 5.41) is 7.43. The topological polar surface area (TPSA) is 50.2 Å². The van der Waals surface area contributed by atoms with Gasteiger partial charge in [-0.05, 0) is 27.1 Å². The standard InChI is InChI=1S/C11H20N4O/c1-10-4-5-11(16)15(13-10)9-7-12-6-8-14(2)3/h4-5,12H,6-9H2,1-3H3. The van der Waals surface area contributed by atoms with E-state index in [1.807, 2.05) is 21.0 Å². The van der Waals surface area contributed by atoms with E-state index >= 15 is 0 Å². The fourth-order valence-corrected chi connectivity index (χ4v) is 1.32. The van der Waals surface area contributed by atoms with Crippen LogP contribution in [0.2, 0.25) is 0 Å². The quantitative estimate of drug-likeness (QED) is 0.674. The molecule has 0 amide bonds. The van der Waals surface area contributed by atoms with Gasteiger partial charge in [-0.15, -0.1) is 0 Å². The van der Waals surface area contributed by atoms with Gasteiger partial charge in [-0.3, -0.25) is 4.79 Å². The predicted octanol–water partition coefficient (Wildman–Crippen LogP) is -0.297. The van der Waals surface area contributed by atoms with Crippen molar-refractivity contribution in [2.45, 2.75) is 13.5 Å². The summed E-state index contributed by atoms with van der Waals surface area (Å²) in [4.78, 5) is 13.5. The highest BCUT2D eigenvalue weighted by molar-refractivity contribution is 4.96. The summed E-state index contributed by atoms with van der Waals surface area (Å²) >= 11 is 0. The van der Waals surface area contributed by atoms with Crippen molar-refractivity contribution >= 4 is 0 Å². The van der Waals surface area contributed by atoms with Crippen LogP contribution in [0.3, 0.4) is 0 Å². The molecule has 1 rings (SSSR count). The zero-order valence-corrected chi connectivity index (χ0v) is 10.2. The van der Waals surface area contributed by atoms with Crippen molar-refractivity contribution in [1.82, 2.24) is 20.0 Å². The van der Waals surface area contributed by atoms with Crippen LogP contribution >= 0.6 is 0 Å². The van der Waals surface area contributed by atoms with E-state index in [-0.39, 0.29) is 5.56 Å². The number of hydrogen-bond donors (Lipinski definition) is 1. The molecule has 0 saturated heterocycles. The molecule has 0 spiro atoms. The lowest BCUT2D eigenvalue weighted by atomic mass is 10.4. The Balaban J connectivity index is 2.32. The first-order chi connectivity index (χ1) is 7.59. The second-order valence-corrected chi connectivity index (χ2v) is 4.09. The molecule has 0 aromatic carbocycles. The minimum absolute atomic E-state index is 0.0417. The molecule has 0 aliphatic heterocycles. The lowest BCUT2D eigenvalue weighted by Crippen LogP contribution is -2.32. The van der Waals surface area contributed by atoms with Crippen molar-refractivity contribution in [3.8, 4) is 0 Å². The van der Waals surface area contributed by atoms with Gasteiger partial charge in [0, 0.05) is 25.7 Å². The molecule has 5 heteroatoms. The molecule has 1 heterocycles. The number of aromatic nitrogens is 2. The number of hydrogen-bond acceptors (Lipinski definition) is 4. The van der Waals surface area contributed by atoms with Gasteiger partial charge in [0.15, 0.2) is 0 Å². The molecule has 0 saturated carbocycles. The SMILES string of the molecule is Cc1ccc(=O)n(CCNCCN(C)C)n1. The molecule has 0 bridgehead atoms. The van der Waals surface area contributed by atoms with Gasteiger partial charge in [0.25, 0.3) is 5.56 Å². The van der Waals surface area contributed by atoms with Crippen LogP contribution in [-0.4, -0.2) is 48.4 Å². The smallest absolute Gasteiger partial charge is 0.266 e. The van der Waals surface area contributed by atoms with E-state index in [9.17, 15) is 4.79 Å². The zero-order chi connectivity index (χ0) is 12.0. The lowest BCUT2D eigenvalue weighted by Gasteiger charge is -2.10. The van der Waals surface area contributed by atoms with Crippen LogP contribution in [0.1, 0.15) is 5.69 Å². The van der Waals surface area contributed by atoms with Gasteiger partial charge in [0.2, 0.25) is 0 Å². The second-order valence-electron chi connectivity index (χ2n) is 4.09. The van der Waals surface area contributed by atoms with Crippen molar-refractivity contribution in [1.29, 1.82) is 0 Å². The van der Waals surface area contributed by atoms with Crippen LogP contribution in [0, 0.1) is 6.92 Å². The summed E-state index contributed by atoms with van der Waals surface area (Å²) in [6, 6.07) is 3.29. The van der Waals surface area contributed by atoms with Crippen molar-refractivity contribution in [2.75, 3.05) is 33.7 Å². The molecule has 0 radical (unpaired) electrons. The van der Waals surface area contributed by atoms with Gasteiger partial charge in [-0.25, -0.2) is 4.68 Å². The highest BCUT2D eigenvalue weighted by Crippen LogP contribution is 1.85. The van der Waals surface area contributed by atoms with E-state index in [1.54, 1.807) is 12.1 Å². The fourth-order valence-electron chi connectivity index (χ4n) is 1.32. The van der Waals surface area contributed by atoms with Crippen LogP contribution in [0.4, 0.5) is 0 Å². The third-order valence-corrected chi connectivity index (χ3v) is 2.24. The minimum Gasteiger partial charge on any atom is -0.314 e. The minimum atomic E-state index is -0.0417. The Labute approximate surface area is 96.1 Å². The Morgan fingerprint density at radius 1 is 1.38 bits per heavy atom. The van der Waals surface area contributed by atoms with E-state index in [1.165, 1.54) is 4.68 Å². The van der Waals surface area contributed by atoms with Crippen molar-refractivity contribution in [3.05, 3.63) is 28.2 Å². The Morgan fingerprint density at radius 3 is 2.81 bits per heavy atom. The largest absolute Gasteiger partial charge is 0.314 e. The zero-order valence-electron chi connectivity index (χ0n) is 10.2. The first kappa shape index (κ1) is 12.9. The monoisotopic (exact) mass is 224 g/mol. The predicted molar refractivity (Wildman–Crippen MR) is 64.7 cm³/mol. The van der Waals surface area contributed by atoms with Gasteiger partial charge < -0.3 is 10.2 Å². The van der Waals surface area contributed by atoms with Crippen LogP contribution < -0.4 is 10.9 Å². The fraction of sp³-hybridized carbons (Fsp3) is 0.636. The van der Waals surface area contributed by atoms with Crippen molar-refractivity contribution in [2.24, 2.45) is 0 Å². The van der Waals surface area contributed by atoms with Gasteiger partial charge >= 0.3 is 0 Å². The van der Waals surface area contributed by atoms with E-state index in [2.05, 4.69) is 15.3 Å². The van der Waals surface area contributed by atoms with Crippen molar-refractivity contribution < 1.29 is 0 Å². The van der Waals surface area contributed by atoms with Crippen LogP contribution in [0.5, 0.6) is 0 Å². The number of nitrogens with one attached hydrogen (secondary N) is 1. The summed E-state index contributed by atoms with van der Waals surface area (Å²) in [6.45, 7) is 5.19. The maximum absolute atomic E-state index is 11.4. The molecule has 16 heavy (non-hydrogen) atoms. The van der Waals surface area contributed by atoms with E-state index in [0.29, 0.717) is 6.54 Å². The van der Waals surface area contributed by atoms with Gasteiger partial charge in [0.05, 0.1) is 12.2 Å². The summed E-state index contributed by atoms with van der Waals surface area (Å²) in [7, 11) is 4.07. The Hall–Kier alpha value is -1.20. The first-order valence-electron chi connectivity index (χ1n) is 5.50. The first-order valence-corrected chi connectivity index (χ1v) is 5.50. The highest BCUT2D eigenvalue weighted by Gasteiger charge is 1.97. The van der Waals surface area contributed by atoms with E-state index in [4.69, 9.17) is 0 Å². The third-order valence-electron chi connectivity index (χ3n) is 2.24. The van der Waals surface area contributed by atoms with E-state index < -0.39 is 0 Å². The molecule has 1 aromatic heterocycles. The molecule has 0 aliphatic rings. The van der Waals surface area contributed by atoms with Gasteiger partial charge in [-0.2, -0.15) is 5.10 Å². The third kappa shape index (κ3) is 4.55. The average molecular weight is 224 g/mol. The van der Waals surface area contributed by atoms with Gasteiger partial charge in [-0.1, -0.05) is 0 Å². The highest BCUT2D eigenvalue weighted by atomic mass is 16.1. The molecule has 0 fully saturated rings.